The molecule has 0 unspecified atom stereocenters. The number of non-ortho nitro benzene ring substituents is 1. The number of nitro groups is 1. The van der Waals surface area contributed by atoms with Crippen molar-refractivity contribution in [2.45, 2.75) is 52.4 Å². The van der Waals surface area contributed by atoms with Crippen LogP contribution < -0.4 is 0 Å². The maximum Gasteiger partial charge on any atom is 0.269 e. The van der Waals surface area contributed by atoms with Crippen molar-refractivity contribution in [3.63, 3.8) is 0 Å². The molecule has 0 bridgehead atoms. The zero-order valence-corrected chi connectivity index (χ0v) is 12.8. The first kappa shape index (κ1) is 15.5. The Morgan fingerprint density at radius 3 is 2.24 bits per heavy atom. The molecule has 2 rings (SSSR count). The second-order valence-corrected chi connectivity index (χ2v) is 6.98. The van der Waals surface area contributed by atoms with Crippen molar-refractivity contribution in [1.82, 2.24) is 0 Å². The van der Waals surface area contributed by atoms with Gasteiger partial charge >= 0.3 is 0 Å². The van der Waals surface area contributed by atoms with Crippen molar-refractivity contribution in [1.29, 1.82) is 5.26 Å². The highest BCUT2D eigenvalue weighted by atomic mass is 16.6. The highest BCUT2D eigenvalue weighted by molar-refractivity contribution is 5.33. The predicted molar refractivity (Wildman–Crippen MR) is 81.7 cm³/mol. The van der Waals surface area contributed by atoms with Gasteiger partial charge < -0.3 is 0 Å². The van der Waals surface area contributed by atoms with Crippen LogP contribution in [0.3, 0.4) is 0 Å². The van der Waals surface area contributed by atoms with Crippen molar-refractivity contribution >= 4 is 5.69 Å². The summed E-state index contributed by atoms with van der Waals surface area (Å²) in [6, 6.07) is 9.23. The van der Waals surface area contributed by atoms with Crippen LogP contribution in [0.1, 0.15) is 51.5 Å². The van der Waals surface area contributed by atoms with Crippen molar-refractivity contribution < 1.29 is 4.92 Å². The van der Waals surface area contributed by atoms with Gasteiger partial charge in [-0.25, -0.2) is 0 Å². The lowest BCUT2D eigenvalue weighted by Crippen LogP contribution is -2.30. The van der Waals surface area contributed by atoms with Gasteiger partial charge in [-0.15, -0.1) is 0 Å². The predicted octanol–water partition coefficient (Wildman–Crippen LogP) is 4.64. The molecule has 0 saturated heterocycles. The second-order valence-electron chi connectivity index (χ2n) is 6.98. The Kier molecular flexibility index (Phi) is 4.32. The molecule has 4 heteroatoms. The molecule has 1 saturated carbocycles. The van der Waals surface area contributed by atoms with Crippen LogP contribution >= 0.6 is 0 Å². The molecular weight excluding hydrogens is 264 g/mol. The molecule has 0 radical (unpaired) electrons. The van der Waals surface area contributed by atoms with Crippen LogP contribution in [0.25, 0.3) is 0 Å². The van der Waals surface area contributed by atoms with E-state index in [1.807, 2.05) is 0 Å². The molecule has 0 atom stereocenters. The van der Waals surface area contributed by atoms with Crippen molar-refractivity contribution in [3.8, 4) is 6.07 Å². The maximum atomic E-state index is 10.6. The number of benzene rings is 1. The fourth-order valence-corrected chi connectivity index (χ4v) is 2.99. The normalized spacial score (nSPS) is 19.7. The number of nitriles is 1. The Morgan fingerprint density at radius 2 is 1.76 bits per heavy atom. The molecule has 0 aromatic heterocycles. The van der Waals surface area contributed by atoms with Gasteiger partial charge in [0.15, 0.2) is 0 Å². The fraction of sp³-hybridized carbons (Fsp3) is 0.588. The van der Waals surface area contributed by atoms with Gasteiger partial charge in [-0.1, -0.05) is 26.0 Å². The topological polar surface area (TPSA) is 66.9 Å². The minimum Gasteiger partial charge on any atom is -0.258 e. The first-order chi connectivity index (χ1) is 9.86. The molecule has 1 aromatic rings. The summed E-state index contributed by atoms with van der Waals surface area (Å²) in [5.41, 5.74) is 1.33. The van der Waals surface area contributed by atoms with E-state index in [0.717, 1.165) is 44.1 Å². The van der Waals surface area contributed by atoms with E-state index >= 15 is 0 Å². The van der Waals surface area contributed by atoms with E-state index in [0.29, 0.717) is 5.41 Å². The summed E-state index contributed by atoms with van der Waals surface area (Å²) in [6.07, 6.45) is 5.78. The summed E-state index contributed by atoms with van der Waals surface area (Å²) in [5, 5.41) is 20.2. The number of nitro benzene ring substituents is 1. The minimum absolute atomic E-state index is 0.119. The lowest BCUT2D eigenvalue weighted by Gasteiger charge is -2.39. The van der Waals surface area contributed by atoms with Gasteiger partial charge in [0.1, 0.15) is 0 Å². The van der Waals surface area contributed by atoms with E-state index in [2.05, 4.69) is 19.9 Å². The van der Waals surface area contributed by atoms with Crippen LogP contribution in [0.5, 0.6) is 0 Å². The van der Waals surface area contributed by atoms with Gasteiger partial charge in [0, 0.05) is 12.1 Å². The summed E-state index contributed by atoms with van der Waals surface area (Å²) >= 11 is 0. The van der Waals surface area contributed by atoms with Crippen LogP contribution in [0.4, 0.5) is 5.69 Å². The third-order valence-electron chi connectivity index (χ3n) is 4.84. The summed E-state index contributed by atoms with van der Waals surface area (Å²) in [4.78, 5) is 10.3. The molecule has 112 valence electrons. The Bertz CT molecular complexity index is 545. The third-order valence-corrected chi connectivity index (χ3v) is 4.84. The largest absolute Gasteiger partial charge is 0.269 e. The average molecular weight is 286 g/mol. The van der Waals surface area contributed by atoms with E-state index in [1.54, 1.807) is 24.3 Å². The van der Waals surface area contributed by atoms with E-state index in [4.69, 9.17) is 0 Å². The third kappa shape index (κ3) is 3.81. The zero-order chi connectivity index (χ0) is 15.5. The Morgan fingerprint density at radius 1 is 1.19 bits per heavy atom. The molecular formula is C17H22N2O2. The summed E-state index contributed by atoms with van der Waals surface area (Å²) in [7, 11) is 0. The molecule has 0 N–H and O–H groups in total. The Hall–Kier alpha value is -1.89. The fourth-order valence-electron chi connectivity index (χ4n) is 2.99. The van der Waals surface area contributed by atoms with Gasteiger partial charge in [0.05, 0.1) is 16.4 Å². The maximum absolute atomic E-state index is 10.6. The van der Waals surface area contributed by atoms with Crippen LogP contribution in [0, 0.1) is 32.3 Å². The highest BCUT2D eigenvalue weighted by Gasteiger charge is 2.38. The summed E-state index contributed by atoms with van der Waals surface area (Å²) < 4.78 is 0. The van der Waals surface area contributed by atoms with E-state index in [9.17, 15) is 15.4 Å². The second kappa shape index (κ2) is 5.85. The molecule has 1 aliphatic carbocycles. The lowest BCUT2D eigenvalue weighted by molar-refractivity contribution is -0.384. The highest BCUT2D eigenvalue weighted by Crippen LogP contribution is 2.47. The van der Waals surface area contributed by atoms with E-state index in [-0.39, 0.29) is 16.0 Å². The molecule has 0 heterocycles. The smallest absolute Gasteiger partial charge is 0.258 e. The molecule has 0 amide bonds. The number of rotatable bonds is 4. The van der Waals surface area contributed by atoms with Crippen LogP contribution in [0.2, 0.25) is 0 Å². The Labute approximate surface area is 125 Å². The van der Waals surface area contributed by atoms with Gasteiger partial charge in [-0.3, -0.25) is 10.1 Å². The van der Waals surface area contributed by atoms with E-state index < -0.39 is 0 Å². The van der Waals surface area contributed by atoms with Gasteiger partial charge in [0.2, 0.25) is 0 Å². The van der Waals surface area contributed by atoms with Gasteiger partial charge in [-0.2, -0.15) is 5.26 Å². The molecule has 1 aliphatic rings. The standard InChI is InChI=1S/C17H22N2O2/c1-16(2)9-11-17(13-18,12-10-16)8-7-14-3-5-15(6-4-14)19(20)21/h3-6H,7-12H2,1-2H3. The zero-order valence-electron chi connectivity index (χ0n) is 12.8. The first-order valence-electron chi connectivity index (χ1n) is 7.51. The molecule has 0 aliphatic heterocycles. The number of aryl methyl sites for hydroxylation is 1. The van der Waals surface area contributed by atoms with Gasteiger partial charge in [-0.05, 0) is 49.5 Å². The molecule has 1 fully saturated rings. The summed E-state index contributed by atoms with van der Waals surface area (Å²) in [6.45, 7) is 4.54. The molecule has 21 heavy (non-hydrogen) atoms. The SMILES string of the molecule is CC1(C)CCC(C#N)(CCc2ccc([N+](=O)[O-])cc2)CC1. The minimum atomic E-state index is -0.385. The molecule has 4 nitrogen and oxygen atoms in total. The van der Waals surface area contributed by atoms with Crippen LogP contribution in [-0.2, 0) is 6.42 Å². The molecule has 1 aromatic carbocycles. The Balaban J connectivity index is 1.98. The quantitative estimate of drug-likeness (QED) is 0.598. The summed E-state index contributed by atoms with van der Waals surface area (Å²) in [5.74, 6) is 0. The van der Waals surface area contributed by atoms with Gasteiger partial charge in [0.25, 0.3) is 5.69 Å². The van der Waals surface area contributed by atoms with Crippen molar-refractivity contribution in [3.05, 3.63) is 39.9 Å². The van der Waals surface area contributed by atoms with Crippen molar-refractivity contribution in [2.75, 3.05) is 0 Å². The average Bonchev–Trinajstić information content (AvgIpc) is 2.47. The van der Waals surface area contributed by atoms with Crippen molar-refractivity contribution in [2.24, 2.45) is 10.8 Å². The van der Waals surface area contributed by atoms with E-state index in [1.165, 1.54) is 0 Å². The van der Waals surface area contributed by atoms with Crippen LogP contribution in [0.15, 0.2) is 24.3 Å². The molecule has 0 spiro atoms. The number of hydrogen-bond acceptors (Lipinski definition) is 3. The van der Waals surface area contributed by atoms with Crippen LogP contribution in [-0.4, -0.2) is 4.92 Å². The number of nitrogens with zero attached hydrogens (tertiary/aromatic N) is 2. The number of hydrogen-bond donors (Lipinski definition) is 0. The monoisotopic (exact) mass is 286 g/mol. The lowest BCUT2D eigenvalue weighted by atomic mass is 9.64. The first-order valence-corrected chi connectivity index (χ1v) is 7.51.